The molecule has 6 nitrogen and oxygen atoms in total. The molecule has 0 aliphatic carbocycles. The Morgan fingerprint density at radius 1 is 1.28 bits per heavy atom. The Bertz CT molecular complexity index is 1150. The van der Waals surface area contributed by atoms with E-state index in [0.717, 1.165) is 6.20 Å². The lowest BCUT2D eigenvalue weighted by atomic mass is 10.1. The van der Waals surface area contributed by atoms with Crippen molar-refractivity contribution in [3.8, 4) is 22.8 Å². The number of nitrogens with zero attached hydrogens (tertiary/aromatic N) is 3. The molecule has 0 radical (unpaired) electrons. The minimum absolute atomic E-state index is 0.0870. The van der Waals surface area contributed by atoms with Crippen LogP contribution in [-0.2, 0) is 10.9 Å². The molecule has 11 heteroatoms. The predicted octanol–water partition coefficient (Wildman–Crippen LogP) is 5.51. The van der Waals surface area contributed by atoms with Crippen LogP contribution in [0.5, 0.6) is 5.75 Å². The second-order valence-electron chi connectivity index (χ2n) is 6.33. The first-order valence-electron chi connectivity index (χ1n) is 9.20. The number of pyridine rings is 1. The molecule has 0 N–H and O–H groups in total. The summed E-state index contributed by atoms with van der Waals surface area (Å²) in [6.07, 6.45) is -4.10. The van der Waals surface area contributed by atoms with Crippen LogP contribution >= 0.6 is 20.7 Å². The number of benzene rings is 1. The molecule has 2 heterocycles. The minimum Gasteiger partial charge on any atom is -0.496 e. The molecule has 3 rings (SSSR count). The van der Waals surface area contributed by atoms with E-state index in [9.17, 15) is 22.4 Å². The summed E-state index contributed by atoms with van der Waals surface area (Å²) in [5, 5.41) is 3.73. The van der Waals surface area contributed by atoms with Crippen LogP contribution in [-0.4, -0.2) is 39.0 Å². The van der Waals surface area contributed by atoms with Crippen LogP contribution in [0.4, 0.5) is 17.6 Å². The Hall–Kier alpha value is -2.83. The molecule has 170 valence electrons. The van der Waals surface area contributed by atoms with Crippen LogP contribution in [0.15, 0.2) is 42.6 Å². The Kier molecular flexibility index (Phi) is 7.26. The Morgan fingerprint density at radius 3 is 2.66 bits per heavy atom. The second-order valence-corrected chi connectivity index (χ2v) is 8.31. The van der Waals surface area contributed by atoms with Crippen LogP contribution < -0.4 is 4.74 Å². The van der Waals surface area contributed by atoms with Crippen LogP contribution in [0.1, 0.15) is 32.7 Å². The van der Waals surface area contributed by atoms with Gasteiger partial charge < -0.3 is 9.47 Å². The summed E-state index contributed by atoms with van der Waals surface area (Å²) in [5.41, 5.74) is -0.983. The van der Waals surface area contributed by atoms with Crippen molar-refractivity contribution in [2.24, 2.45) is 0 Å². The fourth-order valence-electron chi connectivity index (χ4n) is 2.99. The number of carbonyl (C=O) groups excluding carboxylic acids is 1. The van der Waals surface area contributed by atoms with Gasteiger partial charge in [-0.05, 0) is 36.8 Å². The molecular formula is C21H18F4IN3O3. The van der Waals surface area contributed by atoms with Crippen LogP contribution in [0.2, 0.25) is 0 Å². The van der Waals surface area contributed by atoms with E-state index < -0.39 is 48.3 Å². The lowest BCUT2D eigenvalue weighted by Crippen LogP contribution is -2.19. The molecule has 2 aromatic heterocycles. The fraction of sp³-hybridized carbons (Fsp3) is 0.238. The second kappa shape index (κ2) is 9.76. The Balaban J connectivity index is 2.16. The van der Waals surface area contributed by atoms with Gasteiger partial charge in [-0.3, -0.25) is 0 Å². The van der Waals surface area contributed by atoms with Gasteiger partial charge in [-0.15, -0.1) is 0 Å². The third kappa shape index (κ3) is 4.81. The lowest BCUT2D eigenvalue weighted by Gasteiger charge is -2.14. The van der Waals surface area contributed by atoms with Gasteiger partial charge in [-0.25, -0.2) is 18.9 Å². The number of esters is 1. The molecule has 3 aromatic rings. The zero-order chi connectivity index (χ0) is 23.5. The maximum atomic E-state index is 14.2. The maximum absolute atomic E-state index is 14.2. The summed E-state index contributed by atoms with van der Waals surface area (Å²) in [6, 6.07) is 9.04. The zero-order valence-electron chi connectivity index (χ0n) is 17.0. The number of aromatic nitrogens is 3. The van der Waals surface area contributed by atoms with E-state index in [-0.39, 0.29) is 18.1 Å². The number of methoxy groups -OCH3 is 1. The Labute approximate surface area is 190 Å². The van der Waals surface area contributed by atoms with Crippen molar-refractivity contribution in [1.29, 1.82) is 0 Å². The van der Waals surface area contributed by atoms with Gasteiger partial charge >= 0.3 is 12.1 Å². The number of hydrogen-bond donors (Lipinski definition) is 0. The average molecular weight is 563 g/mol. The van der Waals surface area contributed by atoms with E-state index in [2.05, 4.69) is 14.6 Å². The first-order chi connectivity index (χ1) is 15.2. The zero-order valence-corrected chi connectivity index (χ0v) is 19.1. The summed E-state index contributed by atoms with van der Waals surface area (Å²) in [4.78, 5) is 16.3. The van der Waals surface area contributed by atoms with Gasteiger partial charge in [0, 0.05) is 5.56 Å². The first kappa shape index (κ1) is 23.8. The molecule has 1 unspecified atom stereocenters. The molecule has 0 amide bonds. The van der Waals surface area contributed by atoms with Crippen molar-refractivity contribution in [1.82, 2.24) is 14.8 Å². The minimum atomic E-state index is -4.90. The quantitative estimate of drug-likeness (QED) is 0.164. The molecule has 0 fully saturated rings. The summed E-state index contributed by atoms with van der Waals surface area (Å²) in [7, 11) is 1.42. The number of carbonyl (C=O) groups is 1. The van der Waals surface area contributed by atoms with Gasteiger partial charge in [-0.2, -0.15) is 18.3 Å². The molecule has 32 heavy (non-hydrogen) atoms. The summed E-state index contributed by atoms with van der Waals surface area (Å²) >= 11 is -0.960. The molecule has 0 aliphatic heterocycles. The van der Waals surface area contributed by atoms with Crippen molar-refractivity contribution in [3.05, 3.63) is 59.4 Å². The highest BCUT2D eigenvalue weighted by atomic mass is 127. The molecule has 0 aliphatic rings. The van der Waals surface area contributed by atoms with Crippen LogP contribution in [0, 0.1) is 0 Å². The van der Waals surface area contributed by atoms with Gasteiger partial charge in [0.15, 0.2) is 15.7 Å². The lowest BCUT2D eigenvalue weighted by molar-refractivity contribution is -0.143. The van der Waals surface area contributed by atoms with Crippen molar-refractivity contribution in [3.63, 3.8) is 0 Å². The van der Waals surface area contributed by atoms with Crippen molar-refractivity contribution >= 4 is 31.2 Å². The molecule has 0 saturated carbocycles. The van der Waals surface area contributed by atoms with Crippen LogP contribution in [0.3, 0.4) is 0 Å². The average Bonchev–Trinajstić information content (AvgIpc) is 3.24. The summed E-state index contributed by atoms with van der Waals surface area (Å²) in [5.74, 6) is -0.946. The number of rotatable bonds is 7. The molecule has 0 saturated heterocycles. The monoisotopic (exact) mass is 563 g/mol. The highest BCUT2D eigenvalue weighted by molar-refractivity contribution is 14.2. The van der Waals surface area contributed by atoms with Crippen molar-refractivity contribution in [2.75, 3.05) is 13.7 Å². The number of halogens is 5. The molecule has 1 atom stereocenters. The smallest absolute Gasteiger partial charge is 0.434 e. The van der Waals surface area contributed by atoms with Crippen LogP contribution in [0.25, 0.3) is 17.1 Å². The van der Waals surface area contributed by atoms with Gasteiger partial charge in [0.05, 0.1) is 25.6 Å². The fourth-order valence-corrected chi connectivity index (χ4v) is 3.89. The predicted molar refractivity (Wildman–Crippen MR) is 119 cm³/mol. The van der Waals surface area contributed by atoms with Crippen molar-refractivity contribution in [2.45, 2.75) is 17.3 Å². The molecule has 0 spiro atoms. The largest absolute Gasteiger partial charge is 0.496 e. The SMILES string of the molecule is C=IC(F)c1ccc(OC)c(-c2cccc(-n3ncc(C(=O)OCC)c3C(F)(F)F)n2)c1. The van der Waals surface area contributed by atoms with Gasteiger partial charge in [0.1, 0.15) is 11.3 Å². The highest BCUT2D eigenvalue weighted by Crippen LogP contribution is 2.37. The Morgan fingerprint density at radius 2 is 2.03 bits per heavy atom. The van der Waals surface area contributed by atoms with E-state index >= 15 is 0 Å². The first-order valence-corrected chi connectivity index (χ1v) is 12.0. The van der Waals surface area contributed by atoms with E-state index in [4.69, 9.17) is 9.47 Å². The molecular weight excluding hydrogens is 545 g/mol. The number of ether oxygens (including phenoxy) is 2. The standard InChI is InChI=1S/C21H18F4IN3O3/c1-4-32-20(30)14-11-27-29(18(14)21(23,24)25)17-7-5-6-15(28-17)13-10-12(19(22)26-2)8-9-16(13)31-3/h5-11,19H,2,4H2,1,3H3. The highest BCUT2D eigenvalue weighted by Gasteiger charge is 2.41. The third-order valence-electron chi connectivity index (χ3n) is 4.37. The van der Waals surface area contributed by atoms with Gasteiger partial charge in [0.2, 0.25) is 0 Å². The summed E-state index contributed by atoms with van der Waals surface area (Å²) in [6.45, 7) is 1.40. The van der Waals surface area contributed by atoms with E-state index in [1.165, 1.54) is 32.2 Å². The normalized spacial score (nSPS) is 12.4. The van der Waals surface area contributed by atoms with Gasteiger partial charge in [-0.1, -0.05) is 37.4 Å². The molecule has 1 aromatic carbocycles. The van der Waals surface area contributed by atoms with E-state index in [1.54, 1.807) is 18.2 Å². The van der Waals surface area contributed by atoms with Gasteiger partial charge in [0.25, 0.3) is 0 Å². The number of alkyl halides is 5. The van der Waals surface area contributed by atoms with E-state index in [1.807, 2.05) is 0 Å². The number of hydrogen-bond acceptors (Lipinski definition) is 5. The van der Waals surface area contributed by atoms with E-state index in [0.29, 0.717) is 21.6 Å². The molecule has 0 bridgehead atoms. The third-order valence-corrected chi connectivity index (χ3v) is 5.86. The summed E-state index contributed by atoms with van der Waals surface area (Å²) < 4.78 is 68.6. The van der Waals surface area contributed by atoms with Crippen molar-refractivity contribution < 1.29 is 31.8 Å². The topological polar surface area (TPSA) is 66.2 Å². The maximum Gasteiger partial charge on any atom is 0.434 e.